The molecule has 0 aliphatic rings. The summed E-state index contributed by atoms with van der Waals surface area (Å²) in [5.41, 5.74) is 2.43. The average molecular weight is 312 g/mol. The Hall–Kier alpha value is -2.29. The van der Waals surface area contributed by atoms with Gasteiger partial charge in [-0.3, -0.25) is 0 Å². The SMILES string of the molecule is CCCc1ccc(OC(=O)COc2cccc(C(C)C)c2)cc1. The van der Waals surface area contributed by atoms with E-state index < -0.39 is 5.97 Å². The van der Waals surface area contributed by atoms with E-state index in [2.05, 4.69) is 20.8 Å². The molecule has 0 atom stereocenters. The van der Waals surface area contributed by atoms with Crippen LogP contribution in [-0.2, 0) is 11.2 Å². The van der Waals surface area contributed by atoms with E-state index in [1.54, 1.807) is 0 Å². The lowest BCUT2D eigenvalue weighted by atomic mass is 10.0. The van der Waals surface area contributed by atoms with Gasteiger partial charge in [0.1, 0.15) is 11.5 Å². The standard InChI is InChI=1S/C20H24O3/c1-4-6-16-9-11-18(12-10-16)23-20(21)14-22-19-8-5-7-17(13-19)15(2)3/h5,7-13,15H,4,6,14H2,1-3H3. The summed E-state index contributed by atoms with van der Waals surface area (Å²) < 4.78 is 10.8. The molecule has 0 bridgehead atoms. The van der Waals surface area contributed by atoms with Gasteiger partial charge in [0.2, 0.25) is 0 Å². The van der Waals surface area contributed by atoms with Gasteiger partial charge in [-0.25, -0.2) is 4.79 Å². The minimum Gasteiger partial charge on any atom is -0.482 e. The highest BCUT2D eigenvalue weighted by Crippen LogP contribution is 2.20. The Morgan fingerprint density at radius 1 is 1.04 bits per heavy atom. The molecule has 0 saturated heterocycles. The third-order valence-corrected chi connectivity index (χ3v) is 3.58. The molecule has 3 heteroatoms. The van der Waals surface area contributed by atoms with E-state index in [1.807, 2.05) is 48.5 Å². The summed E-state index contributed by atoms with van der Waals surface area (Å²) in [6.07, 6.45) is 2.13. The van der Waals surface area contributed by atoms with E-state index in [4.69, 9.17) is 9.47 Å². The number of carbonyl (C=O) groups is 1. The summed E-state index contributed by atoms with van der Waals surface area (Å²) >= 11 is 0. The van der Waals surface area contributed by atoms with Crippen molar-refractivity contribution >= 4 is 5.97 Å². The van der Waals surface area contributed by atoms with Gasteiger partial charge in [0.15, 0.2) is 6.61 Å². The zero-order valence-electron chi connectivity index (χ0n) is 14.0. The molecule has 0 aliphatic heterocycles. The summed E-state index contributed by atoms with van der Waals surface area (Å²) in [6, 6.07) is 15.4. The molecule has 0 fully saturated rings. The second-order valence-electron chi connectivity index (χ2n) is 5.88. The predicted molar refractivity (Wildman–Crippen MR) is 92.1 cm³/mol. The van der Waals surface area contributed by atoms with Gasteiger partial charge in [-0.2, -0.15) is 0 Å². The molecule has 0 aliphatic carbocycles. The van der Waals surface area contributed by atoms with E-state index in [0.29, 0.717) is 17.4 Å². The van der Waals surface area contributed by atoms with Crippen LogP contribution in [0.4, 0.5) is 0 Å². The summed E-state index contributed by atoms with van der Waals surface area (Å²) in [4.78, 5) is 11.9. The molecule has 122 valence electrons. The van der Waals surface area contributed by atoms with Crippen LogP contribution < -0.4 is 9.47 Å². The van der Waals surface area contributed by atoms with Crippen molar-refractivity contribution in [2.45, 2.75) is 39.5 Å². The minimum absolute atomic E-state index is 0.0989. The van der Waals surface area contributed by atoms with Gasteiger partial charge >= 0.3 is 5.97 Å². The van der Waals surface area contributed by atoms with E-state index >= 15 is 0 Å². The fourth-order valence-electron chi connectivity index (χ4n) is 2.28. The first-order valence-corrected chi connectivity index (χ1v) is 8.11. The van der Waals surface area contributed by atoms with Crippen LogP contribution in [0.3, 0.4) is 0 Å². The number of aryl methyl sites for hydroxylation is 1. The molecule has 2 rings (SSSR count). The zero-order chi connectivity index (χ0) is 16.7. The van der Waals surface area contributed by atoms with Crippen LogP contribution >= 0.6 is 0 Å². The van der Waals surface area contributed by atoms with Crippen LogP contribution in [-0.4, -0.2) is 12.6 Å². The van der Waals surface area contributed by atoms with E-state index in [9.17, 15) is 4.79 Å². The Bertz CT molecular complexity index is 630. The maximum Gasteiger partial charge on any atom is 0.349 e. The molecule has 0 spiro atoms. The molecule has 0 aromatic heterocycles. The Morgan fingerprint density at radius 3 is 2.43 bits per heavy atom. The number of esters is 1. The first kappa shape index (κ1) is 17.1. The number of benzene rings is 2. The topological polar surface area (TPSA) is 35.5 Å². The van der Waals surface area contributed by atoms with Gasteiger partial charge in [0.05, 0.1) is 0 Å². The molecule has 3 nitrogen and oxygen atoms in total. The Balaban J connectivity index is 1.86. The maximum absolute atomic E-state index is 11.9. The molecule has 23 heavy (non-hydrogen) atoms. The van der Waals surface area contributed by atoms with Crippen LogP contribution in [0, 0.1) is 0 Å². The van der Waals surface area contributed by atoms with Gasteiger partial charge < -0.3 is 9.47 Å². The number of carbonyl (C=O) groups excluding carboxylic acids is 1. The van der Waals surface area contributed by atoms with Crippen LogP contribution in [0.2, 0.25) is 0 Å². The Labute approximate surface area is 138 Å². The third kappa shape index (κ3) is 5.44. The maximum atomic E-state index is 11.9. The molecule has 2 aromatic rings. The largest absolute Gasteiger partial charge is 0.482 e. The van der Waals surface area contributed by atoms with Gasteiger partial charge in [0, 0.05) is 0 Å². The summed E-state index contributed by atoms with van der Waals surface area (Å²) in [7, 11) is 0. The molecule has 0 saturated carbocycles. The lowest BCUT2D eigenvalue weighted by molar-refractivity contribution is -0.136. The number of hydrogen-bond acceptors (Lipinski definition) is 3. The van der Waals surface area contributed by atoms with Crippen LogP contribution in [0.5, 0.6) is 11.5 Å². The van der Waals surface area contributed by atoms with Gasteiger partial charge in [-0.1, -0.05) is 51.5 Å². The molecule has 0 radical (unpaired) electrons. The van der Waals surface area contributed by atoms with Crippen molar-refractivity contribution in [1.82, 2.24) is 0 Å². The zero-order valence-corrected chi connectivity index (χ0v) is 14.0. The summed E-state index contributed by atoms with van der Waals surface area (Å²) in [5, 5.41) is 0. The lowest BCUT2D eigenvalue weighted by Crippen LogP contribution is -2.17. The van der Waals surface area contributed by atoms with Crippen molar-refractivity contribution in [3.05, 3.63) is 59.7 Å². The highest BCUT2D eigenvalue weighted by atomic mass is 16.6. The first-order valence-electron chi connectivity index (χ1n) is 8.11. The molecule has 0 unspecified atom stereocenters. The van der Waals surface area contributed by atoms with Gasteiger partial charge in [-0.15, -0.1) is 0 Å². The molecule has 0 heterocycles. The van der Waals surface area contributed by atoms with Crippen LogP contribution in [0.25, 0.3) is 0 Å². The first-order chi connectivity index (χ1) is 11.1. The van der Waals surface area contributed by atoms with Gasteiger partial charge in [0.25, 0.3) is 0 Å². The van der Waals surface area contributed by atoms with E-state index in [-0.39, 0.29) is 6.61 Å². The fourth-order valence-corrected chi connectivity index (χ4v) is 2.28. The normalized spacial score (nSPS) is 10.6. The lowest BCUT2D eigenvalue weighted by Gasteiger charge is -2.10. The van der Waals surface area contributed by atoms with Crippen molar-refractivity contribution in [2.75, 3.05) is 6.61 Å². The van der Waals surface area contributed by atoms with Crippen molar-refractivity contribution < 1.29 is 14.3 Å². The van der Waals surface area contributed by atoms with E-state index in [0.717, 1.165) is 12.8 Å². The second kappa shape index (κ2) is 8.37. The summed E-state index contributed by atoms with van der Waals surface area (Å²) in [6.45, 7) is 6.28. The molecular weight excluding hydrogens is 288 g/mol. The van der Waals surface area contributed by atoms with Crippen molar-refractivity contribution in [3.63, 3.8) is 0 Å². The molecular formula is C20H24O3. The number of hydrogen-bond donors (Lipinski definition) is 0. The molecule has 0 amide bonds. The van der Waals surface area contributed by atoms with Crippen LogP contribution in [0.1, 0.15) is 44.2 Å². The summed E-state index contributed by atoms with van der Waals surface area (Å²) in [5.74, 6) is 1.26. The quantitative estimate of drug-likeness (QED) is 0.547. The average Bonchev–Trinajstić information content (AvgIpc) is 2.55. The van der Waals surface area contributed by atoms with Crippen molar-refractivity contribution in [2.24, 2.45) is 0 Å². The third-order valence-electron chi connectivity index (χ3n) is 3.58. The predicted octanol–water partition coefficient (Wildman–Crippen LogP) is 4.75. The second-order valence-corrected chi connectivity index (χ2v) is 5.88. The fraction of sp³-hybridized carbons (Fsp3) is 0.350. The Morgan fingerprint density at radius 2 is 1.78 bits per heavy atom. The highest BCUT2D eigenvalue weighted by Gasteiger charge is 2.07. The molecule has 2 aromatic carbocycles. The minimum atomic E-state index is -0.400. The monoisotopic (exact) mass is 312 g/mol. The number of rotatable bonds is 7. The van der Waals surface area contributed by atoms with Crippen molar-refractivity contribution in [1.29, 1.82) is 0 Å². The highest BCUT2D eigenvalue weighted by molar-refractivity contribution is 5.74. The van der Waals surface area contributed by atoms with E-state index in [1.165, 1.54) is 11.1 Å². The smallest absolute Gasteiger partial charge is 0.349 e. The Kier molecular flexibility index (Phi) is 6.21. The van der Waals surface area contributed by atoms with Crippen LogP contribution in [0.15, 0.2) is 48.5 Å². The van der Waals surface area contributed by atoms with Gasteiger partial charge in [-0.05, 0) is 47.7 Å². The van der Waals surface area contributed by atoms with Crippen molar-refractivity contribution in [3.8, 4) is 11.5 Å². The molecule has 0 N–H and O–H groups in total. The number of ether oxygens (including phenoxy) is 2.